The lowest BCUT2D eigenvalue weighted by molar-refractivity contribution is -0.124. The van der Waals surface area contributed by atoms with Crippen LogP contribution in [0, 0.1) is 0 Å². The fourth-order valence-electron chi connectivity index (χ4n) is 0.929. The van der Waals surface area contributed by atoms with Crippen LogP contribution >= 0.6 is 0 Å². The van der Waals surface area contributed by atoms with Crippen molar-refractivity contribution in [2.24, 2.45) is 0 Å². The molecular weight excluding hydrogens is 158 g/mol. The molecule has 0 aliphatic heterocycles. The first-order valence-electron chi connectivity index (χ1n) is 3.47. The fraction of sp³-hybridized carbons (Fsp3) is 0.250. The van der Waals surface area contributed by atoms with Gasteiger partial charge in [0.15, 0.2) is 0 Å². The van der Waals surface area contributed by atoms with Gasteiger partial charge in [0.2, 0.25) is 17.7 Å². The second kappa shape index (κ2) is 3.21. The van der Waals surface area contributed by atoms with Gasteiger partial charge in [0.1, 0.15) is 0 Å². The molecule has 0 fully saturated rings. The standard InChI is InChI=1S/C8H9NO3/c1-6(10)9(7(2)11)8-4-3-5-12-8/h3-5H,1-2H3. The summed E-state index contributed by atoms with van der Waals surface area (Å²) in [6.07, 6.45) is 1.41. The van der Waals surface area contributed by atoms with Crippen molar-refractivity contribution in [2.45, 2.75) is 13.8 Å². The molecule has 0 atom stereocenters. The molecule has 0 bridgehead atoms. The van der Waals surface area contributed by atoms with Gasteiger partial charge in [-0.05, 0) is 6.07 Å². The van der Waals surface area contributed by atoms with E-state index in [1.807, 2.05) is 0 Å². The maximum atomic E-state index is 10.9. The third-order valence-corrected chi connectivity index (χ3v) is 1.36. The van der Waals surface area contributed by atoms with Gasteiger partial charge < -0.3 is 4.42 Å². The van der Waals surface area contributed by atoms with Gasteiger partial charge in [-0.15, -0.1) is 0 Å². The number of anilines is 1. The van der Waals surface area contributed by atoms with Crippen molar-refractivity contribution < 1.29 is 14.0 Å². The Morgan fingerprint density at radius 1 is 1.33 bits per heavy atom. The van der Waals surface area contributed by atoms with E-state index < -0.39 is 0 Å². The highest BCUT2D eigenvalue weighted by atomic mass is 16.4. The van der Waals surface area contributed by atoms with E-state index in [9.17, 15) is 9.59 Å². The number of carbonyl (C=O) groups is 2. The van der Waals surface area contributed by atoms with Crippen molar-refractivity contribution in [3.63, 3.8) is 0 Å². The number of nitrogens with zero attached hydrogens (tertiary/aromatic N) is 1. The lowest BCUT2D eigenvalue weighted by Crippen LogP contribution is -2.32. The Morgan fingerprint density at radius 2 is 1.92 bits per heavy atom. The van der Waals surface area contributed by atoms with Crippen LogP contribution in [0.1, 0.15) is 13.8 Å². The summed E-state index contributed by atoms with van der Waals surface area (Å²) >= 11 is 0. The largest absolute Gasteiger partial charge is 0.448 e. The molecule has 0 radical (unpaired) electrons. The molecule has 2 amide bonds. The highest BCUT2D eigenvalue weighted by Gasteiger charge is 2.17. The van der Waals surface area contributed by atoms with Gasteiger partial charge in [0.25, 0.3) is 0 Å². The number of hydrogen-bond donors (Lipinski definition) is 0. The van der Waals surface area contributed by atoms with E-state index >= 15 is 0 Å². The average molecular weight is 167 g/mol. The van der Waals surface area contributed by atoms with Crippen molar-refractivity contribution in [3.8, 4) is 0 Å². The molecule has 0 spiro atoms. The molecule has 0 N–H and O–H groups in total. The molecule has 0 saturated heterocycles. The summed E-state index contributed by atoms with van der Waals surface area (Å²) in [5.74, 6) is -0.440. The first kappa shape index (κ1) is 8.52. The second-order valence-corrected chi connectivity index (χ2v) is 2.32. The summed E-state index contributed by atoms with van der Waals surface area (Å²) < 4.78 is 4.90. The van der Waals surface area contributed by atoms with Crippen LogP contribution in [-0.4, -0.2) is 11.8 Å². The molecule has 0 aromatic carbocycles. The Labute approximate surface area is 69.8 Å². The molecule has 0 unspecified atom stereocenters. The molecule has 0 saturated carbocycles. The number of imide groups is 1. The molecule has 64 valence electrons. The zero-order chi connectivity index (χ0) is 9.14. The van der Waals surface area contributed by atoms with Gasteiger partial charge in [-0.1, -0.05) is 0 Å². The predicted octanol–water partition coefficient (Wildman–Crippen LogP) is 1.18. The van der Waals surface area contributed by atoms with Crippen LogP contribution < -0.4 is 4.90 Å². The Hall–Kier alpha value is -1.58. The molecule has 12 heavy (non-hydrogen) atoms. The quantitative estimate of drug-likeness (QED) is 0.631. The summed E-state index contributed by atoms with van der Waals surface area (Å²) in [6, 6.07) is 3.18. The predicted molar refractivity (Wildman–Crippen MR) is 42.5 cm³/mol. The molecule has 4 heteroatoms. The van der Waals surface area contributed by atoms with Crippen LogP contribution in [0.25, 0.3) is 0 Å². The lowest BCUT2D eigenvalue weighted by atomic mass is 10.4. The summed E-state index contributed by atoms with van der Waals surface area (Å²) in [5.41, 5.74) is 0. The van der Waals surface area contributed by atoms with Gasteiger partial charge in [-0.3, -0.25) is 9.59 Å². The van der Waals surface area contributed by atoms with Crippen molar-refractivity contribution in [2.75, 3.05) is 4.90 Å². The number of rotatable bonds is 1. The van der Waals surface area contributed by atoms with Crippen molar-refractivity contribution in [1.29, 1.82) is 0 Å². The topological polar surface area (TPSA) is 50.5 Å². The molecule has 1 rings (SSSR count). The molecule has 0 aliphatic rings. The smallest absolute Gasteiger partial charge is 0.233 e. The van der Waals surface area contributed by atoms with E-state index in [1.165, 1.54) is 20.1 Å². The van der Waals surface area contributed by atoms with Gasteiger partial charge in [0, 0.05) is 19.9 Å². The first-order chi connectivity index (χ1) is 5.63. The fourth-order valence-corrected chi connectivity index (χ4v) is 0.929. The van der Waals surface area contributed by atoms with Crippen LogP contribution in [-0.2, 0) is 9.59 Å². The normalized spacial score (nSPS) is 9.50. The minimum absolute atomic E-state index is 0.259. The zero-order valence-electron chi connectivity index (χ0n) is 6.90. The third-order valence-electron chi connectivity index (χ3n) is 1.36. The van der Waals surface area contributed by atoms with Crippen LogP contribution in [0.2, 0.25) is 0 Å². The summed E-state index contributed by atoms with van der Waals surface area (Å²) in [4.78, 5) is 22.8. The Balaban J connectivity index is 2.96. The van der Waals surface area contributed by atoms with E-state index in [2.05, 4.69) is 0 Å². The third kappa shape index (κ3) is 1.53. The van der Waals surface area contributed by atoms with Gasteiger partial charge in [-0.2, -0.15) is 0 Å². The van der Waals surface area contributed by atoms with Gasteiger partial charge in [0.05, 0.1) is 6.26 Å². The summed E-state index contributed by atoms with van der Waals surface area (Å²) in [6.45, 7) is 2.62. The van der Waals surface area contributed by atoms with Crippen LogP contribution in [0.3, 0.4) is 0 Å². The minimum Gasteiger partial charge on any atom is -0.448 e. The molecule has 4 nitrogen and oxygen atoms in total. The highest BCUT2D eigenvalue weighted by molar-refractivity contribution is 6.12. The zero-order valence-corrected chi connectivity index (χ0v) is 6.90. The monoisotopic (exact) mass is 167 g/mol. The van der Waals surface area contributed by atoms with E-state index in [0.29, 0.717) is 0 Å². The Morgan fingerprint density at radius 3 is 2.25 bits per heavy atom. The summed E-state index contributed by atoms with van der Waals surface area (Å²) in [5, 5.41) is 0. The SMILES string of the molecule is CC(=O)N(C(C)=O)c1ccco1. The van der Waals surface area contributed by atoms with Crippen LogP contribution in [0.4, 0.5) is 5.88 Å². The molecular formula is C8H9NO3. The van der Waals surface area contributed by atoms with Crippen molar-refractivity contribution >= 4 is 17.7 Å². The number of carbonyl (C=O) groups excluding carboxylic acids is 2. The Kier molecular flexibility index (Phi) is 2.28. The molecule has 0 aliphatic carbocycles. The maximum Gasteiger partial charge on any atom is 0.233 e. The van der Waals surface area contributed by atoms with E-state index in [1.54, 1.807) is 12.1 Å². The minimum atomic E-state index is -0.350. The van der Waals surface area contributed by atoms with Crippen LogP contribution in [0.15, 0.2) is 22.8 Å². The first-order valence-corrected chi connectivity index (χ1v) is 3.47. The Bertz CT molecular complexity index is 275. The lowest BCUT2D eigenvalue weighted by Gasteiger charge is -2.12. The van der Waals surface area contributed by atoms with Crippen molar-refractivity contribution in [3.05, 3.63) is 18.4 Å². The molecule has 1 heterocycles. The number of amides is 2. The molecule has 1 aromatic heterocycles. The van der Waals surface area contributed by atoms with Crippen molar-refractivity contribution in [1.82, 2.24) is 0 Å². The highest BCUT2D eigenvalue weighted by Crippen LogP contribution is 2.14. The number of hydrogen-bond acceptors (Lipinski definition) is 3. The van der Waals surface area contributed by atoms with E-state index in [4.69, 9.17) is 4.42 Å². The van der Waals surface area contributed by atoms with Gasteiger partial charge in [-0.25, -0.2) is 4.90 Å². The maximum absolute atomic E-state index is 10.9. The van der Waals surface area contributed by atoms with E-state index in [0.717, 1.165) is 4.90 Å². The van der Waals surface area contributed by atoms with Gasteiger partial charge >= 0.3 is 0 Å². The molecule has 1 aromatic rings. The average Bonchev–Trinajstić information content (AvgIpc) is 2.37. The van der Waals surface area contributed by atoms with Crippen LogP contribution in [0.5, 0.6) is 0 Å². The summed E-state index contributed by atoms with van der Waals surface area (Å²) in [7, 11) is 0. The second-order valence-electron chi connectivity index (χ2n) is 2.32. The van der Waals surface area contributed by atoms with E-state index in [-0.39, 0.29) is 17.7 Å². The number of furan rings is 1.